The Balaban J connectivity index is 1.58. The molecule has 1 aromatic heterocycles. The van der Waals surface area contributed by atoms with Crippen LogP contribution in [0.25, 0.3) is 0 Å². The summed E-state index contributed by atoms with van der Waals surface area (Å²) in [7, 11) is 0. The van der Waals surface area contributed by atoms with E-state index in [1.807, 2.05) is 0 Å². The van der Waals surface area contributed by atoms with Gasteiger partial charge in [-0.1, -0.05) is 5.16 Å². The summed E-state index contributed by atoms with van der Waals surface area (Å²) in [5.41, 5.74) is -1.00. The molecular formula is C14H19N5O4. The van der Waals surface area contributed by atoms with Crippen LogP contribution in [0.15, 0.2) is 10.9 Å². The molecule has 0 aromatic carbocycles. The number of carbonyl (C=O) groups is 3. The standard InChI is InChI=1S/C14H19N5O4/c1-14(2)12(21)16-13(22)19(14)7-10(20)18-5-3-9(4-6-18)11-15-8-23-17-11/h8-9H,3-7H2,1-2H3,(H,16,21,22). The van der Waals surface area contributed by atoms with Gasteiger partial charge in [0.1, 0.15) is 12.1 Å². The molecule has 0 bridgehead atoms. The first kappa shape index (κ1) is 15.4. The third-order valence-corrected chi connectivity index (χ3v) is 4.58. The lowest BCUT2D eigenvalue weighted by Crippen LogP contribution is -2.50. The number of urea groups is 1. The second-order valence-corrected chi connectivity index (χ2v) is 6.35. The number of amides is 4. The number of nitrogens with one attached hydrogen (secondary N) is 1. The summed E-state index contributed by atoms with van der Waals surface area (Å²) in [6.07, 6.45) is 2.80. The minimum Gasteiger partial charge on any atom is -0.343 e. The molecule has 4 amide bonds. The van der Waals surface area contributed by atoms with Crippen molar-refractivity contribution in [3.05, 3.63) is 12.2 Å². The van der Waals surface area contributed by atoms with E-state index in [-0.39, 0.29) is 24.3 Å². The van der Waals surface area contributed by atoms with Crippen LogP contribution in [0.3, 0.4) is 0 Å². The maximum atomic E-state index is 12.4. The van der Waals surface area contributed by atoms with Crippen molar-refractivity contribution in [1.82, 2.24) is 25.3 Å². The second-order valence-electron chi connectivity index (χ2n) is 6.35. The van der Waals surface area contributed by atoms with Gasteiger partial charge in [0.15, 0.2) is 5.82 Å². The average molecular weight is 321 g/mol. The largest absolute Gasteiger partial charge is 0.343 e. The van der Waals surface area contributed by atoms with Gasteiger partial charge in [-0.2, -0.15) is 4.98 Å². The van der Waals surface area contributed by atoms with Crippen LogP contribution in [-0.4, -0.2) is 63.0 Å². The van der Waals surface area contributed by atoms with E-state index in [9.17, 15) is 14.4 Å². The Hall–Kier alpha value is -2.45. The Morgan fingerprint density at radius 2 is 2.09 bits per heavy atom. The van der Waals surface area contributed by atoms with Crippen molar-refractivity contribution in [2.75, 3.05) is 19.6 Å². The zero-order valence-electron chi connectivity index (χ0n) is 13.1. The van der Waals surface area contributed by atoms with Crippen molar-refractivity contribution in [1.29, 1.82) is 0 Å². The second kappa shape index (κ2) is 5.64. The highest BCUT2D eigenvalue weighted by molar-refractivity contribution is 6.07. The van der Waals surface area contributed by atoms with Crippen molar-refractivity contribution in [2.24, 2.45) is 0 Å². The fourth-order valence-corrected chi connectivity index (χ4v) is 2.94. The summed E-state index contributed by atoms with van der Waals surface area (Å²) < 4.78 is 4.75. The van der Waals surface area contributed by atoms with Crippen LogP contribution in [0.4, 0.5) is 4.79 Å². The molecule has 0 radical (unpaired) electrons. The predicted molar refractivity (Wildman–Crippen MR) is 77.2 cm³/mol. The molecule has 0 atom stereocenters. The highest BCUT2D eigenvalue weighted by Crippen LogP contribution is 2.26. The summed E-state index contributed by atoms with van der Waals surface area (Å²) in [5.74, 6) is 0.314. The zero-order valence-corrected chi connectivity index (χ0v) is 13.1. The van der Waals surface area contributed by atoms with E-state index in [0.29, 0.717) is 18.9 Å². The van der Waals surface area contributed by atoms with E-state index < -0.39 is 11.6 Å². The normalized spacial score (nSPS) is 21.7. The van der Waals surface area contributed by atoms with Crippen LogP contribution >= 0.6 is 0 Å². The Kier molecular flexibility index (Phi) is 3.78. The number of nitrogens with zero attached hydrogens (tertiary/aromatic N) is 4. The van der Waals surface area contributed by atoms with Gasteiger partial charge in [0.05, 0.1) is 0 Å². The Labute approximate surface area is 133 Å². The van der Waals surface area contributed by atoms with Crippen LogP contribution < -0.4 is 5.32 Å². The van der Waals surface area contributed by atoms with E-state index in [1.165, 1.54) is 11.3 Å². The van der Waals surface area contributed by atoms with E-state index in [4.69, 9.17) is 4.52 Å². The first-order valence-corrected chi connectivity index (χ1v) is 7.56. The van der Waals surface area contributed by atoms with Crippen LogP contribution in [0.2, 0.25) is 0 Å². The van der Waals surface area contributed by atoms with E-state index in [0.717, 1.165) is 12.8 Å². The molecule has 9 heteroatoms. The lowest BCUT2D eigenvalue weighted by atomic mass is 9.96. The Morgan fingerprint density at radius 3 is 2.61 bits per heavy atom. The van der Waals surface area contributed by atoms with Crippen molar-refractivity contribution in [3.63, 3.8) is 0 Å². The number of imide groups is 1. The monoisotopic (exact) mass is 321 g/mol. The van der Waals surface area contributed by atoms with Crippen LogP contribution in [0.1, 0.15) is 38.4 Å². The summed E-state index contributed by atoms with van der Waals surface area (Å²) in [6, 6.07) is -0.518. The lowest BCUT2D eigenvalue weighted by Gasteiger charge is -2.34. The number of aromatic nitrogens is 2. The van der Waals surface area contributed by atoms with Gasteiger partial charge >= 0.3 is 6.03 Å². The van der Waals surface area contributed by atoms with Gasteiger partial charge in [-0.15, -0.1) is 0 Å². The lowest BCUT2D eigenvalue weighted by molar-refractivity contribution is -0.134. The maximum Gasteiger partial charge on any atom is 0.325 e. The van der Waals surface area contributed by atoms with Crippen molar-refractivity contribution >= 4 is 17.8 Å². The zero-order chi connectivity index (χ0) is 16.6. The number of likely N-dealkylation sites (tertiary alicyclic amines) is 1. The molecule has 0 unspecified atom stereocenters. The number of hydrogen-bond acceptors (Lipinski definition) is 6. The molecule has 1 N–H and O–H groups in total. The van der Waals surface area contributed by atoms with Gasteiger partial charge in [-0.05, 0) is 26.7 Å². The van der Waals surface area contributed by atoms with E-state index in [2.05, 4.69) is 15.5 Å². The summed E-state index contributed by atoms with van der Waals surface area (Å²) >= 11 is 0. The van der Waals surface area contributed by atoms with Crippen LogP contribution in [0.5, 0.6) is 0 Å². The summed E-state index contributed by atoms with van der Waals surface area (Å²) in [5, 5.41) is 6.08. The third-order valence-electron chi connectivity index (χ3n) is 4.58. The third kappa shape index (κ3) is 2.78. The van der Waals surface area contributed by atoms with Gasteiger partial charge in [-0.25, -0.2) is 4.79 Å². The Morgan fingerprint density at radius 1 is 1.39 bits per heavy atom. The van der Waals surface area contributed by atoms with E-state index >= 15 is 0 Å². The van der Waals surface area contributed by atoms with Gasteiger partial charge in [0.2, 0.25) is 12.3 Å². The fourth-order valence-electron chi connectivity index (χ4n) is 2.94. The fraction of sp³-hybridized carbons (Fsp3) is 0.643. The van der Waals surface area contributed by atoms with Gasteiger partial charge < -0.3 is 14.3 Å². The SMILES string of the molecule is CC1(C)C(=O)NC(=O)N1CC(=O)N1CCC(c2ncon2)CC1. The molecule has 0 saturated carbocycles. The first-order chi connectivity index (χ1) is 10.9. The van der Waals surface area contributed by atoms with Crippen LogP contribution in [-0.2, 0) is 9.59 Å². The van der Waals surface area contributed by atoms with Gasteiger partial charge in [-0.3, -0.25) is 14.9 Å². The summed E-state index contributed by atoms with van der Waals surface area (Å²) in [4.78, 5) is 43.0. The van der Waals surface area contributed by atoms with Crippen molar-refractivity contribution in [2.45, 2.75) is 38.1 Å². The average Bonchev–Trinajstić information content (AvgIpc) is 3.11. The number of piperidine rings is 1. The molecule has 3 heterocycles. The quantitative estimate of drug-likeness (QED) is 0.791. The molecule has 9 nitrogen and oxygen atoms in total. The maximum absolute atomic E-state index is 12.4. The molecule has 2 saturated heterocycles. The topological polar surface area (TPSA) is 109 Å². The van der Waals surface area contributed by atoms with Gasteiger partial charge in [0.25, 0.3) is 5.91 Å². The van der Waals surface area contributed by atoms with Crippen LogP contribution in [0, 0.1) is 0 Å². The molecule has 124 valence electrons. The predicted octanol–water partition coefficient (Wildman–Crippen LogP) is 0.106. The number of rotatable bonds is 3. The van der Waals surface area contributed by atoms with E-state index in [1.54, 1.807) is 18.7 Å². The smallest absolute Gasteiger partial charge is 0.325 e. The molecule has 1 aromatic rings. The Bertz CT molecular complexity index is 619. The summed E-state index contributed by atoms with van der Waals surface area (Å²) in [6.45, 7) is 4.30. The molecule has 2 aliphatic rings. The number of hydrogen-bond donors (Lipinski definition) is 1. The molecule has 2 aliphatic heterocycles. The molecule has 3 rings (SSSR count). The molecule has 2 fully saturated rings. The molecule has 0 spiro atoms. The number of carbonyl (C=O) groups excluding carboxylic acids is 3. The minimum absolute atomic E-state index is 0.0998. The minimum atomic E-state index is -1.00. The molecular weight excluding hydrogens is 302 g/mol. The highest BCUT2D eigenvalue weighted by atomic mass is 16.5. The van der Waals surface area contributed by atoms with Gasteiger partial charge in [0, 0.05) is 19.0 Å². The highest BCUT2D eigenvalue weighted by Gasteiger charge is 2.46. The first-order valence-electron chi connectivity index (χ1n) is 7.56. The molecule has 0 aliphatic carbocycles. The van der Waals surface area contributed by atoms with Crippen molar-refractivity contribution < 1.29 is 18.9 Å². The van der Waals surface area contributed by atoms with Crippen molar-refractivity contribution in [3.8, 4) is 0 Å². The molecule has 23 heavy (non-hydrogen) atoms.